The van der Waals surface area contributed by atoms with Gasteiger partial charge in [0.2, 0.25) is 0 Å². The Kier molecular flexibility index (Phi) is 5.27. The van der Waals surface area contributed by atoms with Crippen molar-refractivity contribution < 1.29 is 0 Å². The van der Waals surface area contributed by atoms with E-state index in [1.54, 1.807) is 0 Å². The Balaban J connectivity index is 3.97. The van der Waals surface area contributed by atoms with Crippen molar-refractivity contribution in [1.29, 1.82) is 0 Å². The van der Waals surface area contributed by atoms with E-state index in [1.807, 2.05) is 0 Å². The van der Waals surface area contributed by atoms with Gasteiger partial charge in [-0.15, -0.1) is 0 Å². The quantitative estimate of drug-likeness (QED) is 0.524. The molecule has 0 aliphatic carbocycles. The minimum atomic E-state index is 0.755. The van der Waals surface area contributed by atoms with Crippen LogP contribution in [-0.2, 0) is 0 Å². The molecule has 0 saturated heterocycles. The van der Waals surface area contributed by atoms with Gasteiger partial charge in [0.15, 0.2) is 0 Å². The summed E-state index contributed by atoms with van der Waals surface area (Å²) < 4.78 is 0. The first-order valence-electron chi connectivity index (χ1n) is 4.78. The lowest BCUT2D eigenvalue weighted by molar-refractivity contribution is 0.373. The normalized spacial score (nSPS) is 16.0. The van der Waals surface area contributed by atoms with E-state index < -0.39 is 0 Å². The van der Waals surface area contributed by atoms with Gasteiger partial charge in [0.05, 0.1) is 0 Å². The third-order valence-electron chi connectivity index (χ3n) is 2.56. The highest BCUT2D eigenvalue weighted by Gasteiger charge is 2.14. The molecule has 2 unspecified atom stereocenters. The SMILES string of the molecule is C=C(C)C(CCC)C(C)CC. The van der Waals surface area contributed by atoms with E-state index in [4.69, 9.17) is 0 Å². The molecule has 0 nitrogen and oxygen atoms in total. The molecule has 0 aromatic rings. The lowest BCUT2D eigenvalue weighted by atomic mass is 9.83. The average molecular weight is 154 g/mol. The van der Waals surface area contributed by atoms with Crippen LogP contribution in [0, 0.1) is 11.8 Å². The number of rotatable bonds is 5. The van der Waals surface area contributed by atoms with Crippen molar-refractivity contribution in [3.8, 4) is 0 Å². The highest BCUT2D eigenvalue weighted by molar-refractivity contribution is 4.97. The molecule has 0 spiro atoms. The third-order valence-corrected chi connectivity index (χ3v) is 2.56. The predicted molar refractivity (Wildman–Crippen MR) is 52.7 cm³/mol. The Hall–Kier alpha value is -0.260. The van der Waals surface area contributed by atoms with Gasteiger partial charge in [-0.25, -0.2) is 0 Å². The van der Waals surface area contributed by atoms with Crippen molar-refractivity contribution in [3.05, 3.63) is 12.2 Å². The molecule has 0 saturated carbocycles. The van der Waals surface area contributed by atoms with Gasteiger partial charge in [-0.3, -0.25) is 0 Å². The van der Waals surface area contributed by atoms with Crippen LogP contribution in [0.2, 0.25) is 0 Å². The minimum Gasteiger partial charge on any atom is -0.0999 e. The van der Waals surface area contributed by atoms with Gasteiger partial charge in [-0.2, -0.15) is 0 Å². The molecule has 0 N–H and O–H groups in total. The molecule has 0 heteroatoms. The molecular formula is C11H22. The van der Waals surface area contributed by atoms with Crippen molar-refractivity contribution in [3.63, 3.8) is 0 Å². The van der Waals surface area contributed by atoms with Crippen LogP contribution in [0.25, 0.3) is 0 Å². The summed E-state index contributed by atoms with van der Waals surface area (Å²) >= 11 is 0. The Morgan fingerprint density at radius 1 is 1.36 bits per heavy atom. The summed E-state index contributed by atoms with van der Waals surface area (Å²) in [5, 5.41) is 0. The fourth-order valence-corrected chi connectivity index (χ4v) is 1.61. The van der Waals surface area contributed by atoms with E-state index in [-0.39, 0.29) is 0 Å². The summed E-state index contributed by atoms with van der Waals surface area (Å²) in [4.78, 5) is 0. The maximum Gasteiger partial charge on any atom is -0.0183 e. The third kappa shape index (κ3) is 3.60. The summed E-state index contributed by atoms with van der Waals surface area (Å²) in [7, 11) is 0. The first kappa shape index (κ1) is 10.7. The predicted octanol–water partition coefficient (Wildman–Crippen LogP) is 4.02. The maximum absolute atomic E-state index is 4.04. The first-order chi connectivity index (χ1) is 5.13. The van der Waals surface area contributed by atoms with Gasteiger partial charge in [0, 0.05) is 0 Å². The molecule has 0 bridgehead atoms. The van der Waals surface area contributed by atoms with Crippen LogP contribution in [-0.4, -0.2) is 0 Å². The van der Waals surface area contributed by atoms with Gasteiger partial charge in [0.25, 0.3) is 0 Å². The zero-order valence-electron chi connectivity index (χ0n) is 8.48. The van der Waals surface area contributed by atoms with E-state index in [0.29, 0.717) is 0 Å². The van der Waals surface area contributed by atoms with Crippen LogP contribution >= 0.6 is 0 Å². The number of hydrogen-bond donors (Lipinski definition) is 0. The van der Waals surface area contributed by atoms with Crippen molar-refractivity contribution in [2.24, 2.45) is 11.8 Å². The summed E-state index contributed by atoms with van der Waals surface area (Å²) in [5.74, 6) is 1.57. The van der Waals surface area contributed by atoms with Crippen LogP contribution in [0.3, 0.4) is 0 Å². The van der Waals surface area contributed by atoms with E-state index in [2.05, 4.69) is 34.3 Å². The maximum atomic E-state index is 4.04. The molecule has 0 aliphatic heterocycles. The fourth-order valence-electron chi connectivity index (χ4n) is 1.61. The first-order valence-corrected chi connectivity index (χ1v) is 4.78. The van der Waals surface area contributed by atoms with E-state index in [0.717, 1.165) is 11.8 Å². The molecule has 2 atom stereocenters. The summed E-state index contributed by atoms with van der Waals surface area (Å²) in [5.41, 5.74) is 1.36. The van der Waals surface area contributed by atoms with Gasteiger partial charge in [0.1, 0.15) is 0 Å². The van der Waals surface area contributed by atoms with Gasteiger partial charge in [-0.05, 0) is 25.2 Å². The highest BCUT2D eigenvalue weighted by atomic mass is 14.2. The molecule has 66 valence electrons. The second kappa shape index (κ2) is 5.40. The van der Waals surface area contributed by atoms with Crippen LogP contribution < -0.4 is 0 Å². The smallest absolute Gasteiger partial charge is 0.0183 e. The van der Waals surface area contributed by atoms with Crippen molar-refractivity contribution in [1.82, 2.24) is 0 Å². The highest BCUT2D eigenvalue weighted by Crippen LogP contribution is 2.26. The number of hydrogen-bond acceptors (Lipinski definition) is 0. The Morgan fingerprint density at radius 2 is 1.91 bits per heavy atom. The van der Waals surface area contributed by atoms with Crippen LogP contribution in [0.1, 0.15) is 47.0 Å². The molecule has 0 aromatic carbocycles. The average Bonchev–Trinajstić information content (AvgIpc) is 1.98. The van der Waals surface area contributed by atoms with Crippen molar-refractivity contribution in [2.75, 3.05) is 0 Å². The molecule has 0 radical (unpaired) electrons. The summed E-state index contributed by atoms with van der Waals surface area (Å²) in [6.45, 7) is 13.0. The topological polar surface area (TPSA) is 0 Å². The number of allylic oxidation sites excluding steroid dienone is 1. The molecular weight excluding hydrogens is 132 g/mol. The zero-order valence-corrected chi connectivity index (χ0v) is 8.48. The Morgan fingerprint density at radius 3 is 2.18 bits per heavy atom. The van der Waals surface area contributed by atoms with E-state index in [9.17, 15) is 0 Å². The molecule has 0 amide bonds. The molecule has 0 fully saturated rings. The Labute approximate surface area is 71.7 Å². The lowest BCUT2D eigenvalue weighted by Gasteiger charge is -2.22. The Bertz CT molecular complexity index is 113. The van der Waals surface area contributed by atoms with E-state index in [1.165, 1.54) is 24.8 Å². The zero-order chi connectivity index (χ0) is 8.85. The molecule has 11 heavy (non-hydrogen) atoms. The van der Waals surface area contributed by atoms with Crippen molar-refractivity contribution in [2.45, 2.75) is 47.0 Å². The monoisotopic (exact) mass is 154 g/mol. The summed E-state index contributed by atoms with van der Waals surface area (Å²) in [6.07, 6.45) is 3.86. The molecule has 0 heterocycles. The van der Waals surface area contributed by atoms with Crippen LogP contribution in [0.4, 0.5) is 0 Å². The van der Waals surface area contributed by atoms with Gasteiger partial charge < -0.3 is 0 Å². The molecule has 0 aromatic heterocycles. The molecule has 0 rings (SSSR count). The second-order valence-corrected chi connectivity index (χ2v) is 3.63. The minimum absolute atomic E-state index is 0.755. The lowest BCUT2D eigenvalue weighted by Crippen LogP contribution is -2.11. The largest absolute Gasteiger partial charge is 0.0999 e. The van der Waals surface area contributed by atoms with Gasteiger partial charge in [-0.1, -0.05) is 45.8 Å². The fraction of sp³-hybridized carbons (Fsp3) is 0.818. The van der Waals surface area contributed by atoms with Crippen LogP contribution in [0.15, 0.2) is 12.2 Å². The standard InChI is InChI=1S/C11H22/c1-6-8-11(9(3)4)10(5)7-2/h10-11H,3,6-8H2,1-2,4-5H3. The van der Waals surface area contributed by atoms with E-state index >= 15 is 0 Å². The summed E-state index contributed by atoms with van der Waals surface area (Å²) in [6, 6.07) is 0. The molecule has 0 aliphatic rings. The second-order valence-electron chi connectivity index (χ2n) is 3.63. The van der Waals surface area contributed by atoms with Crippen LogP contribution in [0.5, 0.6) is 0 Å². The van der Waals surface area contributed by atoms with Crippen molar-refractivity contribution >= 4 is 0 Å². The van der Waals surface area contributed by atoms with Gasteiger partial charge >= 0.3 is 0 Å².